The van der Waals surface area contributed by atoms with E-state index in [1.165, 1.54) is 11.3 Å². The van der Waals surface area contributed by atoms with E-state index in [9.17, 15) is 0 Å². The third-order valence-corrected chi connectivity index (χ3v) is 3.63. The minimum atomic E-state index is 0.0768. The van der Waals surface area contributed by atoms with Gasteiger partial charge in [-0.1, -0.05) is 19.9 Å². The van der Waals surface area contributed by atoms with Crippen LogP contribution in [0.1, 0.15) is 46.2 Å². The molecule has 0 aliphatic rings. The Bertz CT molecular complexity index is 386. The Balaban J connectivity index is 3.05. The van der Waals surface area contributed by atoms with E-state index in [1.54, 1.807) is 0 Å². The highest BCUT2D eigenvalue weighted by atomic mass is 79.9. The molecule has 0 aromatic heterocycles. The van der Waals surface area contributed by atoms with E-state index in [-0.39, 0.29) is 6.04 Å². The van der Waals surface area contributed by atoms with E-state index in [4.69, 9.17) is 5.73 Å². The number of anilines is 1. The van der Waals surface area contributed by atoms with Gasteiger partial charge in [-0.2, -0.15) is 0 Å². The molecule has 1 atom stereocenters. The molecule has 1 aromatic carbocycles. The maximum absolute atomic E-state index is 5.91. The quantitative estimate of drug-likeness (QED) is 0.876. The number of rotatable bonds is 5. The lowest BCUT2D eigenvalue weighted by molar-refractivity contribution is 0.570. The Morgan fingerprint density at radius 1 is 1.17 bits per heavy atom. The number of nitrogens with zero attached hydrogens (tertiary/aromatic N) is 1. The summed E-state index contributed by atoms with van der Waals surface area (Å²) in [6.07, 6.45) is 0. The first kappa shape index (κ1) is 15.5. The minimum absolute atomic E-state index is 0.0768. The molecule has 0 unspecified atom stereocenters. The molecule has 18 heavy (non-hydrogen) atoms. The third kappa shape index (κ3) is 3.99. The van der Waals surface area contributed by atoms with Crippen molar-refractivity contribution in [2.45, 2.75) is 46.7 Å². The zero-order valence-electron chi connectivity index (χ0n) is 12.1. The van der Waals surface area contributed by atoms with Crippen LogP contribution in [0.4, 0.5) is 5.69 Å². The Kier molecular flexibility index (Phi) is 5.67. The second-order valence-corrected chi connectivity index (χ2v) is 6.49. The van der Waals surface area contributed by atoms with Gasteiger partial charge in [-0.25, -0.2) is 0 Å². The molecule has 0 saturated carbocycles. The van der Waals surface area contributed by atoms with E-state index >= 15 is 0 Å². The first-order valence-electron chi connectivity index (χ1n) is 6.64. The van der Waals surface area contributed by atoms with Gasteiger partial charge in [0.2, 0.25) is 0 Å². The summed E-state index contributed by atoms with van der Waals surface area (Å²) in [6.45, 7) is 12.0. The molecule has 1 rings (SSSR count). The van der Waals surface area contributed by atoms with Crippen LogP contribution in [0.25, 0.3) is 0 Å². The van der Waals surface area contributed by atoms with Crippen molar-refractivity contribution in [1.82, 2.24) is 0 Å². The first-order chi connectivity index (χ1) is 8.32. The molecule has 0 aliphatic heterocycles. The Morgan fingerprint density at radius 2 is 1.78 bits per heavy atom. The average Bonchev–Trinajstić information content (AvgIpc) is 2.25. The van der Waals surface area contributed by atoms with Crippen LogP contribution in [0.5, 0.6) is 0 Å². The van der Waals surface area contributed by atoms with E-state index in [0.717, 1.165) is 11.0 Å². The summed E-state index contributed by atoms with van der Waals surface area (Å²) in [5, 5.41) is 0. The van der Waals surface area contributed by atoms with Crippen molar-refractivity contribution >= 4 is 21.6 Å². The van der Waals surface area contributed by atoms with Crippen LogP contribution < -0.4 is 10.6 Å². The second-order valence-electron chi connectivity index (χ2n) is 5.64. The highest BCUT2D eigenvalue weighted by Crippen LogP contribution is 2.30. The number of hydrogen-bond acceptors (Lipinski definition) is 2. The van der Waals surface area contributed by atoms with E-state index in [1.807, 2.05) is 6.92 Å². The van der Waals surface area contributed by atoms with Crippen LogP contribution in [0.15, 0.2) is 22.7 Å². The van der Waals surface area contributed by atoms with E-state index < -0.39 is 0 Å². The molecule has 0 radical (unpaired) electrons. The molecule has 102 valence electrons. The summed E-state index contributed by atoms with van der Waals surface area (Å²) in [5.41, 5.74) is 8.33. The molecule has 0 aliphatic carbocycles. The molecule has 0 saturated heterocycles. The predicted molar refractivity (Wildman–Crippen MR) is 84.1 cm³/mol. The van der Waals surface area contributed by atoms with Gasteiger partial charge in [0.05, 0.1) is 5.69 Å². The van der Waals surface area contributed by atoms with Gasteiger partial charge in [0.1, 0.15) is 0 Å². The number of halogens is 1. The van der Waals surface area contributed by atoms with Crippen molar-refractivity contribution in [1.29, 1.82) is 0 Å². The summed E-state index contributed by atoms with van der Waals surface area (Å²) >= 11 is 3.68. The van der Waals surface area contributed by atoms with Crippen LogP contribution in [0.3, 0.4) is 0 Å². The van der Waals surface area contributed by atoms with Crippen LogP contribution >= 0.6 is 15.9 Å². The molecule has 0 amide bonds. The molecule has 0 fully saturated rings. The molecular weight excluding hydrogens is 288 g/mol. The summed E-state index contributed by atoms with van der Waals surface area (Å²) in [7, 11) is 0. The number of nitrogens with two attached hydrogens (primary N) is 1. The fourth-order valence-corrected chi connectivity index (χ4v) is 2.64. The van der Waals surface area contributed by atoms with Crippen molar-refractivity contribution in [2.75, 3.05) is 11.4 Å². The second kappa shape index (κ2) is 6.58. The van der Waals surface area contributed by atoms with Gasteiger partial charge in [-0.05, 0) is 60.3 Å². The van der Waals surface area contributed by atoms with E-state index in [2.05, 4.69) is 66.7 Å². The lowest BCUT2D eigenvalue weighted by Gasteiger charge is -2.32. The summed E-state index contributed by atoms with van der Waals surface area (Å²) in [4.78, 5) is 2.43. The van der Waals surface area contributed by atoms with Gasteiger partial charge in [0.15, 0.2) is 0 Å². The smallest absolute Gasteiger partial charge is 0.0513 e. The molecule has 3 heteroatoms. The SMILES string of the molecule is CC(C)CN(c1ccc([C@@H](C)N)cc1Br)C(C)C. The topological polar surface area (TPSA) is 29.3 Å². The summed E-state index contributed by atoms with van der Waals surface area (Å²) in [5.74, 6) is 0.646. The Hall–Kier alpha value is -0.540. The van der Waals surface area contributed by atoms with Gasteiger partial charge in [-0.3, -0.25) is 0 Å². The number of hydrogen-bond donors (Lipinski definition) is 1. The van der Waals surface area contributed by atoms with Gasteiger partial charge >= 0.3 is 0 Å². The molecule has 0 heterocycles. The molecule has 0 bridgehead atoms. The Morgan fingerprint density at radius 3 is 2.17 bits per heavy atom. The van der Waals surface area contributed by atoms with Crippen molar-refractivity contribution in [2.24, 2.45) is 11.7 Å². The lowest BCUT2D eigenvalue weighted by Crippen LogP contribution is -2.34. The predicted octanol–water partition coefficient (Wildman–Crippen LogP) is 4.34. The Labute approximate surface area is 120 Å². The van der Waals surface area contributed by atoms with Crippen LogP contribution in [-0.2, 0) is 0 Å². The molecule has 2 nitrogen and oxygen atoms in total. The van der Waals surface area contributed by atoms with E-state index in [0.29, 0.717) is 12.0 Å². The van der Waals surface area contributed by atoms with Crippen molar-refractivity contribution in [3.05, 3.63) is 28.2 Å². The van der Waals surface area contributed by atoms with Gasteiger partial charge in [0, 0.05) is 23.1 Å². The van der Waals surface area contributed by atoms with Gasteiger partial charge in [-0.15, -0.1) is 0 Å². The lowest BCUT2D eigenvalue weighted by atomic mass is 10.1. The van der Waals surface area contributed by atoms with Crippen LogP contribution in [-0.4, -0.2) is 12.6 Å². The maximum Gasteiger partial charge on any atom is 0.0513 e. The normalized spacial score (nSPS) is 13.2. The van der Waals surface area contributed by atoms with Crippen molar-refractivity contribution in [3.8, 4) is 0 Å². The minimum Gasteiger partial charge on any atom is -0.368 e. The van der Waals surface area contributed by atoms with Crippen LogP contribution in [0, 0.1) is 5.92 Å². The molecule has 2 N–H and O–H groups in total. The van der Waals surface area contributed by atoms with Crippen molar-refractivity contribution < 1.29 is 0 Å². The fourth-order valence-electron chi connectivity index (χ4n) is 2.02. The van der Waals surface area contributed by atoms with Gasteiger partial charge in [0.25, 0.3) is 0 Å². The number of benzene rings is 1. The average molecular weight is 313 g/mol. The largest absolute Gasteiger partial charge is 0.368 e. The monoisotopic (exact) mass is 312 g/mol. The van der Waals surface area contributed by atoms with Crippen LogP contribution in [0.2, 0.25) is 0 Å². The zero-order valence-corrected chi connectivity index (χ0v) is 13.7. The maximum atomic E-state index is 5.91. The summed E-state index contributed by atoms with van der Waals surface area (Å²) < 4.78 is 1.13. The third-order valence-electron chi connectivity index (χ3n) is 2.99. The zero-order chi connectivity index (χ0) is 13.9. The molecular formula is C15H25BrN2. The molecule has 0 spiro atoms. The summed E-state index contributed by atoms with van der Waals surface area (Å²) in [6, 6.07) is 7.00. The van der Waals surface area contributed by atoms with Crippen molar-refractivity contribution in [3.63, 3.8) is 0 Å². The standard InChI is InChI=1S/C15H25BrN2/c1-10(2)9-18(11(3)4)15-7-6-13(12(5)17)8-14(15)16/h6-8,10-12H,9,17H2,1-5H3/t12-/m1/s1. The highest BCUT2D eigenvalue weighted by molar-refractivity contribution is 9.10. The highest BCUT2D eigenvalue weighted by Gasteiger charge is 2.15. The fraction of sp³-hybridized carbons (Fsp3) is 0.600. The van der Waals surface area contributed by atoms with Gasteiger partial charge < -0.3 is 10.6 Å². The first-order valence-corrected chi connectivity index (χ1v) is 7.44. The molecule has 1 aromatic rings.